The second-order valence-electron chi connectivity index (χ2n) is 5.66. The molecular weight excluding hydrogens is 328 g/mol. The molecule has 3 rings (SSSR count). The molecule has 0 bridgehead atoms. The fraction of sp³-hybridized carbons (Fsp3) is 0.438. The van der Waals surface area contributed by atoms with Gasteiger partial charge in [-0.1, -0.05) is 40.8 Å². The summed E-state index contributed by atoms with van der Waals surface area (Å²) >= 11 is 2.97. The van der Waals surface area contributed by atoms with Crippen molar-refractivity contribution in [2.24, 2.45) is 0 Å². The Morgan fingerprint density at radius 3 is 2.65 bits per heavy atom. The molecular formula is C16H20N4OS2. The number of hydrogen-bond acceptors (Lipinski definition) is 6. The lowest BCUT2D eigenvalue weighted by molar-refractivity contribution is -0.129. The molecule has 0 spiro atoms. The van der Waals surface area contributed by atoms with Crippen LogP contribution >= 0.6 is 23.1 Å². The third kappa shape index (κ3) is 4.23. The third-order valence-corrected chi connectivity index (χ3v) is 5.76. The van der Waals surface area contributed by atoms with Crippen LogP contribution in [-0.2, 0) is 4.79 Å². The minimum Gasteiger partial charge on any atom is -0.342 e. The van der Waals surface area contributed by atoms with E-state index in [1.807, 2.05) is 24.0 Å². The van der Waals surface area contributed by atoms with Crippen LogP contribution in [0.2, 0.25) is 0 Å². The lowest BCUT2D eigenvalue weighted by atomic mass is 10.2. The average molecular weight is 348 g/mol. The van der Waals surface area contributed by atoms with Gasteiger partial charge in [-0.25, -0.2) is 0 Å². The lowest BCUT2D eigenvalue weighted by Gasteiger charge is -2.18. The summed E-state index contributed by atoms with van der Waals surface area (Å²) < 4.78 is 0.819. The van der Waals surface area contributed by atoms with Crippen LogP contribution in [0.3, 0.4) is 0 Å². The fourth-order valence-electron chi connectivity index (χ4n) is 2.46. The maximum atomic E-state index is 12.3. The Morgan fingerprint density at radius 2 is 1.96 bits per heavy atom. The van der Waals surface area contributed by atoms with E-state index in [1.54, 1.807) is 0 Å². The van der Waals surface area contributed by atoms with E-state index >= 15 is 0 Å². The molecule has 1 fully saturated rings. The first-order valence-corrected chi connectivity index (χ1v) is 9.44. The summed E-state index contributed by atoms with van der Waals surface area (Å²) in [7, 11) is 0. The first-order chi connectivity index (χ1) is 11.1. The Bertz CT molecular complexity index is 665. The van der Waals surface area contributed by atoms with Gasteiger partial charge in [-0.2, -0.15) is 0 Å². The molecule has 1 saturated heterocycles. The van der Waals surface area contributed by atoms with Gasteiger partial charge in [0.1, 0.15) is 0 Å². The van der Waals surface area contributed by atoms with E-state index in [-0.39, 0.29) is 11.2 Å². The number of likely N-dealkylation sites (tertiary alicyclic amines) is 1. The van der Waals surface area contributed by atoms with Crippen molar-refractivity contribution in [3.8, 4) is 0 Å². The summed E-state index contributed by atoms with van der Waals surface area (Å²) in [5.41, 5.74) is 2.21. The van der Waals surface area contributed by atoms with E-state index in [2.05, 4.69) is 34.6 Å². The number of carbonyl (C=O) groups excluding carboxylic acids is 1. The van der Waals surface area contributed by atoms with Gasteiger partial charge in [0, 0.05) is 18.8 Å². The number of nitrogens with one attached hydrogen (secondary N) is 1. The predicted octanol–water partition coefficient (Wildman–Crippen LogP) is 3.69. The molecule has 1 aliphatic heterocycles. The van der Waals surface area contributed by atoms with Gasteiger partial charge >= 0.3 is 0 Å². The molecule has 2 heterocycles. The number of anilines is 2. The highest BCUT2D eigenvalue weighted by Gasteiger charge is 2.25. The number of aryl methyl sites for hydroxylation is 1. The van der Waals surface area contributed by atoms with E-state index in [1.165, 1.54) is 28.7 Å². The maximum absolute atomic E-state index is 12.3. The Hall–Kier alpha value is -1.60. The molecule has 1 atom stereocenters. The number of carbonyl (C=O) groups is 1. The highest BCUT2D eigenvalue weighted by atomic mass is 32.2. The highest BCUT2D eigenvalue weighted by Crippen LogP contribution is 2.31. The monoisotopic (exact) mass is 348 g/mol. The normalized spacial score (nSPS) is 15.7. The first kappa shape index (κ1) is 16.3. The highest BCUT2D eigenvalue weighted by molar-refractivity contribution is 8.02. The number of hydrogen-bond donors (Lipinski definition) is 1. The van der Waals surface area contributed by atoms with E-state index in [9.17, 15) is 4.79 Å². The largest absolute Gasteiger partial charge is 0.342 e. The van der Waals surface area contributed by atoms with Crippen molar-refractivity contribution in [2.45, 2.75) is 36.3 Å². The second-order valence-corrected chi connectivity index (χ2v) is 8.22. The Kier molecular flexibility index (Phi) is 5.17. The zero-order valence-corrected chi connectivity index (χ0v) is 14.9. The maximum Gasteiger partial charge on any atom is 0.235 e. The van der Waals surface area contributed by atoms with Gasteiger partial charge < -0.3 is 10.2 Å². The molecule has 122 valence electrons. The number of benzene rings is 1. The van der Waals surface area contributed by atoms with Crippen LogP contribution in [-0.4, -0.2) is 39.3 Å². The van der Waals surface area contributed by atoms with Crippen LogP contribution in [0, 0.1) is 6.92 Å². The molecule has 1 amide bonds. The van der Waals surface area contributed by atoms with Gasteiger partial charge in [-0.05, 0) is 38.8 Å². The smallest absolute Gasteiger partial charge is 0.235 e. The van der Waals surface area contributed by atoms with Gasteiger partial charge in [-0.3, -0.25) is 4.79 Å². The molecule has 5 nitrogen and oxygen atoms in total. The van der Waals surface area contributed by atoms with Crippen LogP contribution in [0.5, 0.6) is 0 Å². The first-order valence-electron chi connectivity index (χ1n) is 7.74. The average Bonchev–Trinajstić information content (AvgIpc) is 3.21. The van der Waals surface area contributed by atoms with Crippen LogP contribution in [0.4, 0.5) is 10.8 Å². The molecule has 23 heavy (non-hydrogen) atoms. The molecule has 7 heteroatoms. The zero-order valence-electron chi connectivity index (χ0n) is 13.3. The molecule has 1 aromatic carbocycles. The quantitative estimate of drug-likeness (QED) is 0.835. The lowest BCUT2D eigenvalue weighted by Crippen LogP contribution is -2.33. The summed E-state index contributed by atoms with van der Waals surface area (Å²) in [6.45, 7) is 5.78. The second kappa shape index (κ2) is 7.31. The van der Waals surface area contributed by atoms with E-state index in [4.69, 9.17) is 0 Å². The van der Waals surface area contributed by atoms with Crippen molar-refractivity contribution in [1.82, 2.24) is 15.1 Å². The van der Waals surface area contributed by atoms with E-state index < -0.39 is 0 Å². The van der Waals surface area contributed by atoms with Gasteiger partial charge in [-0.15, -0.1) is 10.2 Å². The molecule has 0 saturated carbocycles. The Labute approximate surface area is 144 Å². The Morgan fingerprint density at radius 1 is 1.26 bits per heavy atom. The third-order valence-electron chi connectivity index (χ3n) is 3.75. The summed E-state index contributed by atoms with van der Waals surface area (Å²) in [4.78, 5) is 14.3. The minimum atomic E-state index is -0.117. The summed E-state index contributed by atoms with van der Waals surface area (Å²) in [5.74, 6) is 0.204. The number of aromatic nitrogens is 2. The number of rotatable bonds is 5. The summed E-state index contributed by atoms with van der Waals surface area (Å²) in [6, 6.07) is 8.14. The molecule has 1 unspecified atom stereocenters. The zero-order chi connectivity index (χ0) is 16.2. The van der Waals surface area contributed by atoms with Crippen LogP contribution in [0.25, 0.3) is 0 Å². The molecule has 1 aromatic heterocycles. The Balaban J connectivity index is 1.58. The predicted molar refractivity (Wildman–Crippen MR) is 95.5 cm³/mol. The molecule has 0 aliphatic carbocycles. The molecule has 0 radical (unpaired) electrons. The topological polar surface area (TPSA) is 58.1 Å². The van der Waals surface area contributed by atoms with Gasteiger partial charge in [0.2, 0.25) is 11.0 Å². The van der Waals surface area contributed by atoms with Gasteiger partial charge in [0.25, 0.3) is 0 Å². The number of thioether (sulfide) groups is 1. The molecule has 2 aromatic rings. The van der Waals surface area contributed by atoms with Crippen LogP contribution in [0.1, 0.15) is 25.3 Å². The van der Waals surface area contributed by atoms with Crippen molar-refractivity contribution < 1.29 is 4.79 Å². The summed E-state index contributed by atoms with van der Waals surface area (Å²) in [5, 5.41) is 12.2. The summed E-state index contributed by atoms with van der Waals surface area (Å²) in [6.07, 6.45) is 2.24. The van der Waals surface area contributed by atoms with Crippen LogP contribution < -0.4 is 5.32 Å². The van der Waals surface area contributed by atoms with E-state index in [0.29, 0.717) is 0 Å². The van der Waals surface area contributed by atoms with Crippen molar-refractivity contribution in [3.05, 3.63) is 29.8 Å². The van der Waals surface area contributed by atoms with Crippen molar-refractivity contribution in [1.29, 1.82) is 0 Å². The minimum absolute atomic E-state index is 0.117. The fourth-order valence-corrected chi connectivity index (χ4v) is 4.46. The number of amides is 1. The molecule has 1 N–H and O–H groups in total. The standard InChI is InChI=1S/C16H20N4OS2/c1-11-5-7-13(8-6-11)17-15-18-19-16(23-15)22-12(2)14(21)20-9-3-4-10-20/h5-8,12H,3-4,9-10H2,1-2H3,(H,17,18). The van der Waals surface area contributed by atoms with E-state index in [0.717, 1.165) is 41.1 Å². The van der Waals surface area contributed by atoms with Crippen LogP contribution in [0.15, 0.2) is 28.6 Å². The number of nitrogens with zero attached hydrogens (tertiary/aromatic N) is 3. The van der Waals surface area contributed by atoms with Crippen molar-refractivity contribution >= 4 is 39.8 Å². The van der Waals surface area contributed by atoms with Crippen molar-refractivity contribution in [3.63, 3.8) is 0 Å². The van der Waals surface area contributed by atoms with Gasteiger partial charge in [0.05, 0.1) is 5.25 Å². The van der Waals surface area contributed by atoms with Crippen molar-refractivity contribution in [2.75, 3.05) is 18.4 Å². The SMILES string of the molecule is Cc1ccc(Nc2nnc(SC(C)C(=O)N3CCCC3)s2)cc1. The van der Waals surface area contributed by atoms with Gasteiger partial charge in [0.15, 0.2) is 4.34 Å². The molecule has 1 aliphatic rings.